The Kier molecular flexibility index (Phi) is 11.4. The van der Waals surface area contributed by atoms with Crippen LogP contribution in [0.15, 0.2) is 78.9 Å². The van der Waals surface area contributed by atoms with Crippen LogP contribution in [0.1, 0.15) is 30.9 Å². The first-order chi connectivity index (χ1) is 19.9. The number of benzene rings is 3. The molecule has 3 rings (SSSR count). The summed E-state index contributed by atoms with van der Waals surface area (Å²) >= 11 is 6.04. The van der Waals surface area contributed by atoms with Crippen LogP contribution in [-0.4, -0.2) is 49.6 Å². The van der Waals surface area contributed by atoms with Gasteiger partial charge >= 0.3 is 6.18 Å². The maximum Gasteiger partial charge on any atom is 0.452 e. The molecule has 0 aliphatic carbocycles. The summed E-state index contributed by atoms with van der Waals surface area (Å²) in [5.41, 5.74) is 1.19. The molecule has 42 heavy (non-hydrogen) atoms. The van der Waals surface area contributed by atoms with Crippen LogP contribution in [0.2, 0.25) is 5.02 Å². The van der Waals surface area contributed by atoms with E-state index in [-0.39, 0.29) is 13.0 Å². The molecule has 2 N–H and O–H groups in total. The highest BCUT2D eigenvalue weighted by molar-refractivity contribution is 6.30. The summed E-state index contributed by atoms with van der Waals surface area (Å²) in [7, 11) is 1.53. The number of halogens is 4. The fraction of sp³-hybridized carbons (Fsp3) is 0.323. The van der Waals surface area contributed by atoms with Gasteiger partial charge in [0.25, 0.3) is 5.78 Å². The average molecular weight is 605 g/mol. The van der Waals surface area contributed by atoms with Crippen LogP contribution in [0.3, 0.4) is 0 Å². The SMILES string of the molecule is COc1ccc(OCC(C(=O)N[C@@H](Cc2ccccc2)C(=O)N[C@H](C(=O)C(F)(F)F)C(C)C)c2ccc(Cl)cc2)cc1. The first kappa shape index (κ1) is 32.5. The molecular weight excluding hydrogens is 573 g/mol. The number of methoxy groups -OCH3 is 1. The number of ether oxygens (including phenoxy) is 2. The van der Waals surface area contributed by atoms with Gasteiger partial charge in [0.2, 0.25) is 11.8 Å². The molecule has 0 heterocycles. The van der Waals surface area contributed by atoms with Crippen LogP contribution in [-0.2, 0) is 20.8 Å². The van der Waals surface area contributed by atoms with E-state index in [2.05, 4.69) is 10.6 Å². The van der Waals surface area contributed by atoms with Gasteiger partial charge in [-0.15, -0.1) is 0 Å². The second-order valence-electron chi connectivity index (χ2n) is 9.93. The summed E-state index contributed by atoms with van der Waals surface area (Å²) in [5.74, 6) is -4.29. The number of carbonyl (C=O) groups excluding carboxylic acids is 3. The van der Waals surface area contributed by atoms with Crippen molar-refractivity contribution in [2.24, 2.45) is 5.92 Å². The van der Waals surface area contributed by atoms with Crippen LogP contribution >= 0.6 is 11.6 Å². The second kappa shape index (κ2) is 14.7. The zero-order valence-electron chi connectivity index (χ0n) is 23.3. The lowest BCUT2D eigenvalue weighted by molar-refractivity contribution is -0.175. The van der Waals surface area contributed by atoms with Crippen molar-refractivity contribution in [1.82, 2.24) is 10.6 Å². The Hall–Kier alpha value is -4.05. The van der Waals surface area contributed by atoms with E-state index in [4.69, 9.17) is 21.1 Å². The Balaban J connectivity index is 1.88. The largest absolute Gasteiger partial charge is 0.497 e. The number of ketones is 1. The maximum atomic E-state index is 13.7. The molecule has 0 spiro atoms. The van der Waals surface area contributed by atoms with E-state index in [1.807, 2.05) is 0 Å². The van der Waals surface area contributed by atoms with Crippen LogP contribution in [0, 0.1) is 5.92 Å². The van der Waals surface area contributed by atoms with E-state index in [0.717, 1.165) is 0 Å². The van der Waals surface area contributed by atoms with Gasteiger partial charge in [-0.2, -0.15) is 13.2 Å². The molecule has 0 saturated carbocycles. The predicted octanol–water partition coefficient (Wildman–Crippen LogP) is 5.51. The topological polar surface area (TPSA) is 93.7 Å². The molecule has 2 amide bonds. The zero-order chi connectivity index (χ0) is 30.9. The van der Waals surface area contributed by atoms with E-state index in [0.29, 0.717) is 27.6 Å². The standard InChI is InChI=1S/C31H32ClF3N2O5/c1-19(2)27(28(38)31(33,34)35)37-30(40)26(17-20-7-5-4-6-8-20)36-29(39)25(21-9-11-22(32)12-10-21)18-42-24-15-13-23(41-3)14-16-24/h4-16,19,25-27H,17-18H2,1-3H3,(H,36,39)(H,37,40)/t25?,26-,27-/m0/s1. The summed E-state index contributed by atoms with van der Waals surface area (Å²) in [6, 6.07) is 18.8. The van der Waals surface area contributed by atoms with Crippen molar-refractivity contribution in [2.45, 2.75) is 44.4 Å². The number of hydrogen-bond donors (Lipinski definition) is 2. The third kappa shape index (κ3) is 9.24. The lowest BCUT2D eigenvalue weighted by Crippen LogP contribution is -2.56. The highest BCUT2D eigenvalue weighted by Gasteiger charge is 2.45. The Morgan fingerprint density at radius 2 is 1.43 bits per heavy atom. The minimum Gasteiger partial charge on any atom is -0.497 e. The van der Waals surface area contributed by atoms with Gasteiger partial charge in [-0.05, 0) is 53.4 Å². The number of alkyl halides is 3. The van der Waals surface area contributed by atoms with Crippen molar-refractivity contribution >= 4 is 29.2 Å². The number of nitrogens with one attached hydrogen (secondary N) is 2. The summed E-state index contributed by atoms with van der Waals surface area (Å²) in [5, 5.41) is 5.35. The summed E-state index contributed by atoms with van der Waals surface area (Å²) in [6.07, 6.45) is -5.17. The molecular formula is C31H32ClF3N2O5. The van der Waals surface area contributed by atoms with E-state index in [1.165, 1.54) is 21.0 Å². The molecule has 11 heteroatoms. The van der Waals surface area contributed by atoms with Crippen molar-refractivity contribution in [3.63, 3.8) is 0 Å². The maximum absolute atomic E-state index is 13.7. The number of carbonyl (C=O) groups is 3. The molecule has 0 aliphatic rings. The van der Waals surface area contributed by atoms with Gasteiger partial charge in [-0.25, -0.2) is 0 Å². The van der Waals surface area contributed by atoms with Crippen LogP contribution in [0.5, 0.6) is 11.5 Å². The number of amides is 2. The van der Waals surface area contributed by atoms with Gasteiger partial charge in [0.1, 0.15) is 24.1 Å². The van der Waals surface area contributed by atoms with Crippen LogP contribution < -0.4 is 20.1 Å². The van der Waals surface area contributed by atoms with Gasteiger partial charge in [0.05, 0.1) is 19.1 Å². The lowest BCUT2D eigenvalue weighted by atomic mass is 9.96. The number of Topliss-reactive ketones (excluding diaryl/α,β-unsaturated/α-hetero) is 1. The fourth-order valence-electron chi connectivity index (χ4n) is 4.17. The first-order valence-electron chi connectivity index (χ1n) is 13.2. The highest BCUT2D eigenvalue weighted by Crippen LogP contribution is 2.24. The van der Waals surface area contributed by atoms with Crippen molar-refractivity contribution in [1.29, 1.82) is 0 Å². The van der Waals surface area contributed by atoms with Crippen molar-refractivity contribution in [3.05, 3.63) is 95.0 Å². The predicted molar refractivity (Wildman–Crippen MR) is 153 cm³/mol. The van der Waals surface area contributed by atoms with Gasteiger partial charge in [0.15, 0.2) is 0 Å². The van der Waals surface area contributed by atoms with Crippen molar-refractivity contribution in [3.8, 4) is 11.5 Å². The Labute approximate surface area is 247 Å². The van der Waals surface area contributed by atoms with Crippen LogP contribution in [0.25, 0.3) is 0 Å². The summed E-state index contributed by atoms with van der Waals surface area (Å²) in [4.78, 5) is 39.1. The van der Waals surface area contributed by atoms with E-state index in [1.54, 1.807) is 78.9 Å². The molecule has 3 atom stereocenters. The molecule has 0 bridgehead atoms. The van der Waals surface area contributed by atoms with Crippen molar-refractivity contribution in [2.75, 3.05) is 13.7 Å². The smallest absolute Gasteiger partial charge is 0.452 e. The van der Waals surface area contributed by atoms with Crippen molar-refractivity contribution < 1.29 is 37.0 Å². The van der Waals surface area contributed by atoms with Gasteiger partial charge in [-0.1, -0.05) is 67.9 Å². The molecule has 3 aromatic carbocycles. The normalized spacial score (nSPS) is 13.5. The monoisotopic (exact) mass is 604 g/mol. The molecule has 0 aliphatic heterocycles. The van der Waals surface area contributed by atoms with Crippen LogP contribution in [0.4, 0.5) is 13.2 Å². The molecule has 0 radical (unpaired) electrons. The molecule has 3 aromatic rings. The van der Waals surface area contributed by atoms with E-state index < -0.39 is 47.7 Å². The minimum absolute atomic E-state index is 0.0316. The summed E-state index contributed by atoms with van der Waals surface area (Å²) in [6.45, 7) is 2.67. The zero-order valence-corrected chi connectivity index (χ0v) is 24.0. The van der Waals surface area contributed by atoms with E-state index >= 15 is 0 Å². The number of rotatable bonds is 13. The molecule has 0 aromatic heterocycles. The Bertz CT molecular complexity index is 1330. The molecule has 7 nitrogen and oxygen atoms in total. The first-order valence-corrected chi connectivity index (χ1v) is 13.5. The average Bonchev–Trinajstić information content (AvgIpc) is 2.96. The molecule has 0 saturated heterocycles. The Morgan fingerprint density at radius 3 is 1.98 bits per heavy atom. The lowest BCUT2D eigenvalue weighted by Gasteiger charge is -2.27. The quantitative estimate of drug-likeness (QED) is 0.268. The van der Waals surface area contributed by atoms with Gasteiger partial charge in [-0.3, -0.25) is 14.4 Å². The van der Waals surface area contributed by atoms with Gasteiger partial charge in [0, 0.05) is 11.4 Å². The Morgan fingerprint density at radius 1 is 0.833 bits per heavy atom. The van der Waals surface area contributed by atoms with E-state index in [9.17, 15) is 27.6 Å². The molecule has 224 valence electrons. The molecule has 0 fully saturated rings. The third-order valence-corrected chi connectivity index (χ3v) is 6.76. The molecule has 1 unspecified atom stereocenters. The third-order valence-electron chi connectivity index (χ3n) is 6.51. The summed E-state index contributed by atoms with van der Waals surface area (Å²) < 4.78 is 50.8. The fourth-order valence-corrected chi connectivity index (χ4v) is 4.29. The number of hydrogen-bond acceptors (Lipinski definition) is 5. The van der Waals surface area contributed by atoms with Gasteiger partial charge < -0.3 is 20.1 Å². The minimum atomic E-state index is -5.14. The second-order valence-corrected chi connectivity index (χ2v) is 10.4. The highest BCUT2D eigenvalue weighted by atomic mass is 35.5.